The molecule has 0 saturated carbocycles. The first-order valence-electron chi connectivity index (χ1n) is 6.79. The average molecular weight is 341 g/mol. The van der Waals surface area contributed by atoms with E-state index in [-0.39, 0.29) is 17.8 Å². The number of carbonyl (C=O) groups excluding carboxylic acids is 2. The van der Waals surface area contributed by atoms with E-state index in [2.05, 4.69) is 9.84 Å². The molecule has 2 N–H and O–H groups in total. The SMILES string of the molecule is COP(=O)(O)OCCCCCCSC(C)CC(=O)NC=O. The second kappa shape index (κ2) is 12.2. The number of rotatable bonds is 13. The number of imide groups is 1. The number of carbonyl (C=O) groups is 2. The molecule has 2 amide bonds. The van der Waals surface area contributed by atoms with Crippen molar-refractivity contribution in [1.29, 1.82) is 0 Å². The Bertz CT molecular complexity index is 355. The van der Waals surface area contributed by atoms with Crippen LogP contribution in [0.15, 0.2) is 0 Å². The molecule has 0 radical (unpaired) electrons. The van der Waals surface area contributed by atoms with E-state index in [1.165, 1.54) is 0 Å². The van der Waals surface area contributed by atoms with E-state index in [9.17, 15) is 14.2 Å². The first kappa shape index (κ1) is 20.6. The van der Waals surface area contributed by atoms with Gasteiger partial charge in [0.2, 0.25) is 12.3 Å². The van der Waals surface area contributed by atoms with E-state index in [4.69, 9.17) is 9.42 Å². The summed E-state index contributed by atoms with van der Waals surface area (Å²) in [6, 6.07) is 0. The fourth-order valence-electron chi connectivity index (χ4n) is 1.52. The van der Waals surface area contributed by atoms with Gasteiger partial charge >= 0.3 is 7.82 Å². The summed E-state index contributed by atoms with van der Waals surface area (Å²) in [4.78, 5) is 30.2. The number of amides is 2. The Labute approximate surface area is 129 Å². The van der Waals surface area contributed by atoms with Gasteiger partial charge in [0.25, 0.3) is 0 Å². The lowest BCUT2D eigenvalue weighted by molar-refractivity contribution is -0.125. The molecule has 0 aliphatic carbocycles. The summed E-state index contributed by atoms with van der Waals surface area (Å²) in [5.74, 6) is 0.682. The van der Waals surface area contributed by atoms with Crippen molar-refractivity contribution < 1.29 is 28.1 Å². The van der Waals surface area contributed by atoms with Crippen LogP contribution in [0.3, 0.4) is 0 Å². The fourth-order valence-corrected chi connectivity index (χ4v) is 3.03. The van der Waals surface area contributed by atoms with Crippen molar-refractivity contribution >= 4 is 31.9 Å². The quantitative estimate of drug-likeness (QED) is 0.300. The van der Waals surface area contributed by atoms with E-state index < -0.39 is 7.82 Å². The summed E-state index contributed by atoms with van der Waals surface area (Å²) in [5, 5.41) is 2.29. The van der Waals surface area contributed by atoms with E-state index in [0.717, 1.165) is 32.1 Å². The zero-order valence-electron chi connectivity index (χ0n) is 12.4. The Kier molecular flexibility index (Phi) is 11.9. The molecule has 0 aliphatic heterocycles. The van der Waals surface area contributed by atoms with Crippen molar-refractivity contribution in [3.63, 3.8) is 0 Å². The van der Waals surface area contributed by atoms with Crippen molar-refractivity contribution in [1.82, 2.24) is 5.32 Å². The predicted molar refractivity (Wildman–Crippen MR) is 82.0 cm³/mol. The Hall–Kier alpha value is -0.400. The van der Waals surface area contributed by atoms with E-state index in [0.29, 0.717) is 19.3 Å². The Morgan fingerprint density at radius 1 is 1.38 bits per heavy atom. The van der Waals surface area contributed by atoms with Crippen LogP contribution in [0.5, 0.6) is 0 Å². The Morgan fingerprint density at radius 2 is 2.05 bits per heavy atom. The molecular formula is C12H24NO6PS. The monoisotopic (exact) mass is 341 g/mol. The van der Waals surface area contributed by atoms with Crippen LogP contribution in [-0.4, -0.2) is 41.9 Å². The molecule has 0 aromatic heterocycles. The zero-order valence-corrected chi connectivity index (χ0v) is 14.2. The molecule has 7 nitrogen and oxygen atoms in total. The molecule has 0 aromatic rings. The van der Waals surface area contributed by atoms with Crippen molar-refractivity contribution in [2.75, 3.05) is 19.5 Å². The maximum Gasteiger partial charge on any atom is 0.471 e. The summed E-state index contributed by atoms with van der Waals surface area (Å²) in [7, 11) is -2.70. The van der Waals surface area contributed by atoms with Crippen LogP contribution in [0.2, 0.25) is 0 Å². The highest BCUT2D eigenvalue weighted by Gasteiger charge is 2.17. The molecule has 2 unspecified atom stereocenters. The molecule has 0 spiro atoms. The van der Waals surface area contributed by atoms with Crippen molar-refractivity contribution in [3.05, 3.63) is 0 Å². The van der Waals surface area contributed by atoms with Crippen LogP contribution in [0.4, 0.5) is 0 Å². The summed E-state index contributed by atoms with van der Waals surface area (Å²) >= 11 is 1.69. The summed E-state index contributed by atoms with van der Waals surface area (Å²) in [6.07, 6.45) is 4.34. The van der Waals surface area contributed by atoms with Crippen LogP contribution in [0, 0.1) is 0 Å². The molecular weight excluding hydrogens is 317 g/mol. The molecule has 2 atom stereocenters. The van der Waals surface area contributed by atoms with Gasteiger partial charge in [-0.25, -0.2) is 4.57 Å². The lowest BCUT2D eigenvalue weighted by atomic mass is 10.2. The van der Waals surface area contributed by atoms with Gasteiger partial charge in [-0.3, -0.25) is 24.0 Å². The van der Waals surface area contributed by atoms with Crippen LogP contribution < -0.4 is 5.32 Å². The van der Waals surface area contributed by atoms with Crippen LogP contribution in [-0.2, 0) is 23.2 Å². The van der Waals surface area contributed by atoms with Crippen molar-refractivity contribution in [2.24, 2.45) is 0 Å². The molecule has 0 fully saturated rings. The van der Waals surface area contributed by atoms with Gasteiger partial charge in [-0.1, -0.05) is 19.8 Å². The van der Waals surface area contributed by atoms with Gasteiger partial charge in [0.15, 0.2) is 0 Å². The largest absolute Gasteiger partial charge is 0.471 e. The maximum atomic E-state index is 11.1. The molecule has 0 aromatic carbocycles. The normalized spacial score (nSPS) is 15.2. The van der Waals surface area contributed by atoms with E-state index in [1.807, 2.05) is 6.92 Å². The number of thioether (sulfide) groups is 1. The molecule has 0 bridgehead atoms. The van der Waals surface area contributed by atoms with Gasteiger partial charge in [0, 0.05) is 18.8 Å². The summed E-state index contributed by atoms with van der Waals surface area (Å²) in [5.41, 5.74) is 0. The van der Waals surface area contributed by atoms with Crippen LogP contribution in [0.1, 0.15) is 39.0 Å². The lowest BCUT2D eigenvalue weighted by Gasteiger charge is -2.10. The standard InChI is InChI=1S/C12H24NO6PS/c1-11(9-12(15)13-10-14)21-8-6-4-3-5-7-19-20(16,17)18-2/h10-11H,3-9H2,1-2H3,(H,16,17)(H,13,14,15). The number of hydrogen-bond acceptors (Lipinski definition) is 6. The maximum absolute atomic E-state index is 11.1. The molecule has 124 valence electrons. The molecule has 0 saturated heterocycles. The minimum atomic E-state index is -3.83. The third-order valence-corrected chi connectivity index (χ3v) is 4.85. The zero-order chi connectivity index (χ0) is 16.1. The van der Waals surface area contributed by atoms with Gasteiger partial charge < -0.3 is 4.89 Å². The molecule has 0 heterocycles. The summed E-state index contributed by atoms with van der Waals surface area (Å²) in [6.45, 7) is 2.16. The number of phosphoric ester groups is 1. The highest BCUT2D eigenvalue weighted by molar-refractivity contribution is 7.99. The molecule has 0 rings (SSSR count). The predicted octanol–water partition coefficient (Wildman–Crippen LogP) is 2.09. The lowest BCUT2D eigenvalue weighted by Crippen LogP contribution is -2.24. The Morgan fingerprint density at radius 3 is 2.67 bits per heavy atom. The third kappa shape index (κ3) is 13.0. The van der Waals surface area contributed by atoms with Crippen molar-refractivity contribution in [3.8, 4) is 0 Å². The highest BCUT2D eigenvalue weighted by Crippen LogP contribution is 2.41. The smallest absolute Gasteiger partial charge is 0.303 e. The van der Waals surface area contributed by atoms with Crippen LogP contribution >= 0.6 is 19.6 Å². The number of unbranched alkanes of at least 4 members (excludes halogenated alkanes) is 3. The number of hydrogen-bond donors (Lipinski definition) is 2. The topological polar surface area (TPSA) is 102 Å². The molecule has 9 heteroatoms. The summed E-state index contributed by atoms with van der Waals surface area (Å²) < 4.78 is 20.0. The van der Waals surface area contributed by atoms with Crippen LogP contribution in [0.25, 0.3) is 0 Å². The fraction of sp³-hybridized carbons (Fsp3) is 0.833. The first-order chi connectivity index (χ1) is 9.91. The minimum absolute atomic E-state index is 0.176. The minimum Gasteiger partial charge on any atom is -0.303 e. The van der Waals surface area contributed by atoms with Crippen molar-refractivity contribution in [2.45, 2.75) is 44.3 Å². The second-order valence-electron chi connectivity index (χ2n) is 4.47. The van der Waals surface area contributed by atoms with Gasteiger partial charge in [0.05, 0.1) is 6.61 Å². The number of nitrogens with one attached hydrogen (secondary N) is 1. The molecule has 0 aliphatic rings. The Balaban J connectivity index is 3.42. The molecule has 21 heavy (non-hydrogen) atoms. The number of phosphoric acid groups is 1. The average Bonchev–Trinajstić information content (AvgIpc) is 2.42. The second-order valence-corrected chi connectivity index (χ2v) is 7.58. The highest BCUT2D eigenvalue weighted by atomic mass is 32.2. The first-order valence-corrected chi connectivity index (χ1v) is 9.33. The third-order valence-electron chi connectivity index (χ3n) is 2.62. The van der Waals surface area contributed by atoms with Gasteiger partial charge in [0.1, 0.15) is 0 Å². The van der Waals surface area contributed by atoms with E-state index >= 15 is 0 Å². The van der Waals surface area contributed by atoms with Gasteiger partial charge in [-0.2, -0.15) is 11.8 Å². The van der Waals surface area contributed by atoms with E-state index in [1.54, 1.807) is 11.8 Å². The van der Waals surface area contributed by atoms with Gasteiger partial charge in [-0.05, 0) is 18.6 Å². The van der Waals surface area contributed by atoms with Gasteiger partial charge in [-0.15, -0.1) is 0 Å².